The summed E-state index contributed by atoms with van der Waals surface area (Å²) in [4.78, 5) is 9.20. The fourth-order valence-electron chi connectivity index (χ4n) is 3.66. The highest BCUT2D eigenvalue weighted by Crippen LogP contribution is 2.30. The van der Waals surface area contributed by atoms with E-state index < -0.39 is 10.0 Å². The van der Waals surface area contributed by atoms with Crippen LogP contribution in [0.25, 0.3) is 22.5 Å². The first-order valence-electron chi connectivity index (χ1n) is 10.1. The number of hydrogen-bond donors (Lipinski definition) is 2. The number of hydrogen-bond acceptors (Lipinski definition) is 7. The third-order valence-electron chi connectivity index (χ3n) is 5.45. The number of aromatic nitrogens is 4. The molecule has 0 spiro atoms. The van der Waals surface area contributed by atoms with E-state index in [1.54, 1.807) is 29.1 Å². The molecule has 0 bridgehead atoms. The van der Waals surface area contributed by atoms with Crippen LogP contribution in [0, 0.1) is 19.8 Å². The predicted molar refractivity (Wildman–Crippen MR) is 118 cm³/mol. The molecule has 1 aliphatic heterocycles. The SMILES string of the molecule is Cc1ccc(S(=O)(=O)NCC2CCOC2)cc1-c1cnc(N)c(-c2cn(C)nc2C)n1. The molecule has 10 heteroatoms. The van der Waals surface area contributed by atoms with E-state index in [1.165, 1.54) is 0 Å². The summed E-state index contributed by atoms with van der Waals surface area (Å²) in [7, 11) is -1.83. The number of aryl methyl sites for hydroxylation is 3. The largest absolute Gasteiger partial charge is 0.382 e. The minimum atomic E-state index is -3.66. The average molecular weight is 443 g/mol. The summed E-state index contributed by atoms with van der Waals surface area (Å²) in [6, 6.07) is 5.00. The molecule has 1 fully saturated rings. The second-order valence-corrected chi connectivity index (χ2v) is 9.62. The van der Waals surface area contributed by atoms with Crippen molar-refractivity contribution in [3.05, 3.63) is 41.9 Å². The first-order chi connectivity index (χ1) is 14.7. The Morgan fingerprint density at radius 2 is 2.10 bits per heavy atom. The normalized spacial score (nSPS) is 16.7. The molecule has 3 heterocycles. The van der Waals surface area contributed by atoms with Crippen LogP contribution in [0.4, 0.5) is 5.82 Å². The van der Waals surface area contributed by atoms with Crippen molar-refractivity contribution < 1.29 is 13.2 Å². The van der Waals surface area contributed by atoms with Crippen LogP contribution in [0.1, 0.15) is 17.7 Å². The van der Waals surface area contributed by atoms with Crippen LogP contribution >= 0.6 is 0 Å². The van der Waals surface area contributed by atoms with Crippen molar-refractivity contribution in [2.45, 2.75) is 25.2 Å². The number of nitrogens with one attached hydrogen (secondary N) is 1. The molecular formula is C21H26N6O3S. The van der Waals surface area contributed by atoms with Gasteiger partial charge in [0.1, 0.15) is 11.5 Å². The summed E-state index contributed by atoms with van der Waals surface area (Å²) in [5, 5.41) is 4.34. The summed E-state index contributed by atoms with van der Waals surface area (Å²) in [6.45, 7) is 5.40. The molecule has 31 heavy (non-hydrogen) atoms. The van der Waals surface area contributed by atoms with E-state index in [1.807, 2.05) is 27.1 Å². The van der Waals surface area contributed by atoms with Crippen molar-refractivity contribution >= 4 is 15.8 Å². The summed E-state index contributed by atoms with van der Waals surface area (Å²) in [6.07, 6.45) is 4.26. The maximum absolute atomic E-state index is 12.9. The van der Waals surface area contributed by atoms with Gasteiger partial charge in [-0.3, -0.25) is 4.68 Å². The topological polar surface area (TPSA) is 125 Å². The van der Waals surface area contributed by atoms with Crippen molar-refractivity contribution in [3.63, 3.8) is 0 Å². The van der Waals surface area contributed by atoms with Crippen LogP contribution in [0.3, 0.4) is 0 Å². The van der Waals surface area contributed by atoms with Crippen molar-refractivity contribution in [3.8, 4) is 22.5 Å². The highest BCUT2D eigenvalue weighted by molar-refractivity contribution is 7.89. The number of anilines is 1. The monoisotopic (exact) mass is 442 g/mol. The Morgan fingerprint density at radius 3 is 2.77 bits per heavy atom. The summed E-state index contributed by atoms with van der Waals surface area (Å²) < 4.78 is 35.4. The van der Waals surface area contributed by atoms with Gasteiger partial charge in [-0.05, 0) is 43.9 Å². The molecule has 4 rings (SSSR count). The maximum Gasteiger partial charge on any atom is 0.240 e. The molecule has 0 radical (unpaired) electrons. The first-order valence-corrected chi connectivity index (χ1v) is 11.5. The van der Waals surface area contributed by atoms with Crippen LogP contribution < -0.4 is 10.5 Å². The summed E-state index contributed by atoms with van der Waals surface area (Å²) >= 11 is 0. The molecular weight excluding hydrogens is 416 g/mol. The van der Waals surface area contributed by atoms with Crippen molar-refractivity contribution in [2.24, 2.45) is 13.0 Å². The predicted octanol–water partition coefficient (Wildman–Crippen LogP) is 2.06. The smallest absolute Gasteiger partial charge is 0.240 e. The van der Waals surface area contributed by atoms with Crippen LogP contribution in [0.15, 0.2) is 35.5 Å². The fraction of sp³-hybridized carbons (Fsp3) is 0.381. The third-order valence-corrected chi connectivity index (χ3v) is 6.87. The van der Waals surface area contributed by atoms with Gasteiger partial charge < -0.3 is 10.5 Å². The molecule has 9 nitrogen and oxygen atoms in total. The van der Waals surface area contributed by atoms with Gasteiger partial charge in [0.05, 0.1) is 29.1 Å². The highest BCUT2D eigenvalue weighted by Gasteiger charge is 2.22. The quantitative estimate of drug-likeness (QED) is 0.598. The molecule has 0 amide bonds. The second kappa shape index (κ2) is 8.37. The number of nitrogens with two attached hydrogens (primary N) is 1. The summed E-state index contributed by atoms with van der Waals surface area (Å²) in [5.74, 6) is 0.495. The van der Waals surface area contributed by atoms with Crippen molar-refractivity contribution in [1.29, 1.82) is 0 Å². The zero-order valence-electron chi connectivity index (χ0n) is 17.8. The van der Waals surface area contributed by atoms with Gasteiger partial charge in [-0.15, -0.1) is 0 Å². The minimum Gasteiger partial charge on any atom is -0.382 e. The van der Waals surface area contributed by atoms with E-state index in [-0.39, 0.29) is 10.8 Å². The lowest BCUT2D eigenvalue weighted by Gasteiger charge is -2.13. The molecule has 0 aliphatic carbocycles. The standard InChI is InChI=1S/C21H26N6O3S/c1-13-4-5-16(31(28,29)24-9-15-6-7-30-12-15)8-17(13)19-10-23-21(22)20(25-19)18-11-27(3)26-14(18)2/h4-5,8,10-11,15,24H,6-7,9,12H2,1-3H3,(H2,22,23). The first kappa shape index (κ1) is 21.4. The van der Waals surface area contributed by atoms with E-state index >= 15 is 0 Å². The van der Waals surface area contributed by atoms with E-state index in [4.69, 9.17) is 15.5 Å². The third kappa shape index (κ3) is 4.46. The minimum absolute atomic E-state index is 0.185. The molecule has 3 aromatic rings. The summed E-state index contributed by atoms with van der Waals surface area (Å²) in [5.41, 5.74) is 10.3. The lowest BCUT2D eigenvalue weighted by Crippen LogP contribution is -2.29. The lowest BCUT2D eigenvalue weighted by atomic mass is 10.1. The molecule has 1 aliphatic rings. The van der Waals surface area contributed by atoms with Crippen LogP contribution in [-0.4, -0.2) is 47.9 Å². The molecule has 1 unspecified atom stereocenters. The molecule has 3 N–H and O–H groups in total. The number of nitrogen functional groups attached to an aromatic ring is 1. The molecule has 1 saturated heterocycles. The van der Waals surface area contributed by atoms with Crippen LogP contribution in [0.2, 0.25) is 0 Å². The Kier molecular flexibility index (Phi) is 5.78. The Bertz CT molecular complexity index is 1220. The number of rotatable bonds is 6. The van der Waals surface area contributed by atoms with Gasteiger partial charge in [-0.2, -0.15) is 5.10 Å². The van der Waals surface area contributed by atoms with Gasteiger partial charge in [0.25, 0.3) is 0 Å². The number of sulfonamides is 1. The molecule has 164 valence electrons. The van der Waals surface area contributed by atoms with E-state index in [0.29, 0.717) is 42.5 Å². The van der Waals surface area contributed by atoms with Gasteiger partial charge in [-0.25, -0.2) is 23.1 Å². The Balaban J connectivity index is 1.69. The van der Waals surface area contributed by atoms with Gasteiger partial charge >= 0.3 is 0 Å². The second-order valence-electron chi connectivity index (χ2n) is 7.85. The van der Waals surface area contributed by atoms with Crippen molar-refractivity contribution in [2.75, 3.05) is 25.5 Å². The average Bonchev–Trinajstić information content (AvgIpc) is 3.36. The number of benzene rings is 1. The number of ether oxygens (including phenoxy) is 1. The molecule has 1 atom stereocenters. The molecule has 0 saturated carbocycles. The molecule has 1 aromatic carbocycles. The van der Waals surface area contributed by atoms with E-state index in [2.05, 4.69) is 14.8 Å². The zero-order valence-corrected chi connectivity index (χ0v) is 18.6. The molecule has 2 aromatic heterocycles. The fourth-order valence-corrected chi connectivity index (χ4v) is 4.80. The van der Waals surface area contributed by atoms with Crippen LogP contribution in [0.5, 0.6) is 0 Å². The van der Waals surface area contributed by atoms with Crippen molar-refractivity contribution in [1.82, 2.24) is 24.5 Å². The van der Waals surface area contributed by atoms with Gasteiger partial charge in [0, 0.05) is 37.5 Å². The highest BCUT2D eigenvalue weighted by atomic mass is 32.2. The Labute approximate surface area is 181 Å². The van der Waals surface area contributed by atoms with E-state index in [0.717, 1.165) is 23.2 Å². The van der Waals surface area contributed by atoms with Gasteiger partial charge in [0.15, 0.2) is 0 Å². The Morgan fingerprint density at radius 1 is 1.29 bits per heavy atom. The maximum atomic E-state index is 12.9. The lowest BCUT2D eigenvalue weighted by molar-refractivity contribution is 0.186. The van der Waals surface area contributed by atoms with E-state index in [9.17, 15) is 8.42 Å². The zero-order chi connectivity index (χ0) is 22.2. The van der Waals surface area contributed by atoms with Gasteiger partial charge in [0.2, 0.25) is 10.0 Å². The van der Waals surface area contributed by atoms with Crippen LogP contribution in [-0.2, 0) is 21.8 Å². The number of nitrogens with zero attached hydrogens (tertiary/aromatic N) is 4. The Hall–Kier alpha value is -2.82. The van der Waals surface area contributed by atoms with Gasteiger partial charge in [-0.1, -0.05) is 6.07 Å².